The maximum atomic E-state index is 9.33. The van der Waals surface area contributed by atoms with Crippen LogP contribution in [0.15, 0.2) is 36.4 Å². The second kappa shape index (κ2) is 6.95. The van der Waals surface area contributed by atoms with Crippen LogP contribution in [0.1, 0.15) is 12.5 Å². The molecule has 20 heavy (non-hydrogen) atoms. The molecule has 3 heteroatoms. The van der Waals surface area contributed by atoms with Crippen molar-refractivity contribution in [1.29, 1.82) is 0 Å². The second-order valence-electron chi connectivity index (χ2n) is 4.74. The number of rotatable bonds is 6. The zero-order valence-corrected chi connectivity index (χ0v) is 11.6. The van der Waals surface area contributed by atoms with Crippen LogP contribution in [0.25, 0.3) is 10.8 Å². The summed E-state index contributed by atoms with van der Waals surface area (Å²) in [7, 11) is 0. The Balaban J connectivity index is 2.31. The van der Waals surface area contributed by atoms with E-state index in [9.17, 15) is 5.11 Å². The third-order valence-corrected chi connectivity index (χ3v) is 3.05. The van der Waals surface area contributed by atoms with Gasteiger partial charge in [-0.05, 0) is 23.8 Å². The van der Waals surface area contributed by atoms with Gasteiger partial charge in [0.2, 0.25) is 0 Å². The summed E-state index contributed by atoms with van der Waals surface area (Å²) in [5.74, 6) is 3.27. The average Bonchev–Trinajstić information content (AvgIpc) is 2.45. The fourth-order valence-electron chi connectivity index (χ4n) is 2.16. The molecule has 0 unspecified atom stereocenters. The van der Waals surface area contributed by atoms with Gasteiger partial charge in [0, 0.05) is 18.7 Å². The zero-order valence-electron chi connectivity index (χ0n) is 11.6. The summed E-state index contributed by atoms with van der Waals surface area (Å²) in [6.07, 6.45) is 4.88. The van der Waals surface area contributed by atoms with Crippen molar-refractivity contribution in [2.45, 2.75) is 19.6 Å². The van der Waals surface area contributed by atoms with Gasteiger partial charge in [-0.15, -0.1) is 6.42 Å². The lowest BCUT2D eigenvalue weighted by Gasteiger charge is -2.14. The van der Waals surface area contributed by atoms with Crippen LogP contribution >= 0.6 is 0 Å². The number of hydrogen-bond acceptors (Lipinski definition) is 3. The largest absolute Gasteiger partial charge is 0.481 e. The predicted octanol–water partition coefficient (Wildman–Crippen LogP) is 2.32. The molecule has 0 radical (unpaired) electrons. The van der Waals surface area contributed by atoms with Crippen molar-refractivity contribution in [3.05, 3.63) is 42.0 Å². The van der Waals surface area contributed by atoms with Crippen LogP contribution < -0.4 is 10.1 Å². The number of hydrogen-bond donors (Lipinski definition) is 2. The van der Waals surface area contributed by atoms with Gasteiger partial charge in [-0.3, -0.25) is 0 Å². The third kappa shape index (κ3) is 3.51. The van der Waals surface area contributed by atoms with E-state index in [0.717, 1.165) is 22.1 Å². The van der Waals surface area contributed by atoms with Gasteiger partial charge in [0.1, 0.15) is 12.4 Å². The van der Waals surface area contributed by atoms with E-state index in [-0.39, 0.29) is 12.7 Å². The normalized spacial score (nSPS) is 12.1. The molecule has 1 atom stereocenters. The molecule has 0 aliphatic carbocycles. The molecule has 0 amide bonds. The van der Waals surface area contributed by atoms with Crippen LogP contribution in [0.2, 0.25) is 0 Å². The van der Waals surface area contributed by atoms with Crippen LogP contribution in [0.3, 0.4) is 0 Å². The van der Waals surface area contributed by atoms with Gasteiger partial charge < -0.3 is 15.2 Å². The standard InChI is InChI=1S/C17H19NO2/c1-3-10-20-17-9-8-14-6-4-5-7-15(14)16(17)12-18-11-13(2)19/h1,4-9,13,18-19H,10-12H2,2H3/t13-/m0/s1. The number of aliphatic hydroxyl groups excluding tert-OH is 1. The number of aliphatic hydroxyl groups is 1. The minimum Gasteiger partial charge on any atom is -0.481 e. The highest BCUT2D eigenvalue weighted by atomic mass is 16.5. The first-order chi connectivity index (χ1) is 9.72. The van der Waals surface area contributed by atoms with E-state index in [1.54, 1.807) is 6.92 Å². The molecule has 0 saturated carbocycles. The second-order valence-corrected chi connectivity index (χ2v) is 4.74. The van der Waals surface area contributed by atoms with Crippen molar-refractivity contribution in [2.24, 2.45) is 0 Å². The molecule has 0 saturated heterocycles. The molecule has 2 N–H and O–H groups in total. The Morgan fingerprint density at radius 1 is 1.30 bits per heavy atom. The fraction of sp³-hybridized carbons (Fsp3) is 0.294. The Morgan fingerprint density at radius 3 is 2.85 bits per heavy atom. The molecule has 104 valence electrons. The number of nitrogens with one attached hydrogen (secondary N) is 1. The number of terminal acetylenes is 1. The maximum Gasteiger partial charge on any atom is 0.148 e. The first-order valence-electron chi connectivity index (χ1n) is 6.68. The van der Waals surface area contributed by atoms with Crippen LogP contribution in [0.5, 0.6) is 5.75 Å². The van der Waals surface area contributed by atoms with Crippen LogP contribution in [-0.4, -0.2) is 24.4 Å². The predicted molar refractivity (Wildman–Crippen MR) is 81.7 cm³/mol. The smallest absolute Gasteiger partial charge is 0.148 e. The first-order valence-corrected chi connectivity index (χ1v) is 6.68. The maximum absolute atomic E-state index is 9.33. The number of ether oxygens (including phenoxy) is 1. The molecule has 0 bridgehead atoms. The monoisotopic (exact) mass is 269 g/mol. The Hall–Kier alpha value is -2.02. The van der Waals surface area contributed by atoms with E-state index >= 15 is 0 Å². The van der Waals surface area contributed by atoms with Gasteiger partial charge in [-0.2, -0.15) is 0 Å². The lowest BCUT2D eigenvalue weighted by molar-refractivity contribution is 0.191. The molecule has 0 spiro atoms. The lowest BCUT2D eigenvalue weighted by atomic mass is 10.0. The van der Waals surface area contributed by atoms with E-state index in [2.05, 4.69) is 23.4 Å². The minimum absolute atomic E-state index is 0.252. The van der Waals surface area contributed by atoms with E-state index in [0.29, 0.717) is 13.1 Å². The van der Waals surface area contributed by atoms with Crippen molar-refractivity contribution in [3.63, 3.8) is 0 Å². The van der Waals surface area contributed by atoms with Crippen molar-refractivity contribution < 1.29 is 9.84 Å². The molecule has 3 nitrogen and oxygen atoms in total. The summed E-state index contributed by atoms with van der Waals surface area (Å²) in [4.78, 5) is 0. The number of fused-ring (bicyclic) bond motifs is 1. The zero-order chi connectivity index (χ0) is 14.4. The van der Waals surface area contributed by atoms with Crippen molar-refractivity contribution in [2.75, 3.05) is 13.2 Å². The summed E-state index contributed by atoms with van der Waals surface area (Å²) >= 11 is 0. The highest BCUT2D eigenvalue weighted by Gasteiger charge is 2.08. The van der Waals surface area contributed by atoms with E-state index in [1.165, 1.54) is 0 Å². The van der Waals surface area contributed by atoms with E-state index in [1.807, 2.05) is 24.3 Å². The third-order valence-electron chi connectivity index (χ3n) is 3.05. The molecule has 0 fully saturated rings. The van der Waals surface area contributed by atoms with Gasteiger partial charge in [-0.1, -0.05) is 36.3 Å². The molecule has 0 heterocycles. The summed E-state index contributed by atoms with van der Waals surface area (Å²) in [6.45, 7) is 3.18. The summed E-state index contributed by atoms with van der Waals surface area (Å²) < 4.78 is 5.61. The Kier molecular flexibility index (Phi) is 5.00. The summed E-state index contributed by atoms with van der Waals surface area (Å²) in [5, 5.41) is 14.9. The Bertz CT molecular complexity index is 614. The summed E-state index contributed by atoms with van der Waals surface area (Å²) in [6, 6.07) is 12.1. The number of benzene rings is 2. The van der Waals surface area contributed by atoms with Crippen molar-refractivity contribution >= 4 is 10.8 Å². The van der Waals surface area contributed by atoms with Crippen molar-refractivity contribution in [3.8, 4) is 18.1 Å². The highest BCUT2D eigenvalue weighted by Crippen LogP contribution is 2.28. The molecule has 0 aliphatic heterocycles. The molecule has 2 aromatic rings. The lowest BCUT2D eigenvalue weighted by Crippen LogP contribution is -2.24. The topological polar surface area (TPSA) is 41.5 Å². The van der Waals surface area contributed by atoms with Gasteiger partial charge >= 0.3 is 0 Å². The van der Waals surface area contributed by atoms with Crippen LogP contribution in [0, 0.1) is 12.3 Å². The van der Waals surface area contributed by atoms with Gasteiger partial charge in [0.15, 0.2) is 0 Å². The molecular weight excluding hydrogens is 250 g/mol. The van der Waals surface area contributed by atoms with Gasteiger partial charge in [-0.25, -0.2) is 0 Å². The van der Waals surface area contributed by atoms with Crippen LogP contribution in [0.4, 0.5) is 0 Å². The Morgan fingerprint density at radius 2 is 2.10 bits per heavy atom. The SMILES string of the molecule is C#CCOc1ccc2ccccc2c1CNC[C@H](C)O. The molecule has 2 aromatic carbocycles. The van der Waals surface area contributed by atoms with E-state index < -0.39 is 0 Å². The van der Waals surface area contributed by atoms with Gasteiger partial charge in [0.25, 0.3) is 0 Å². The van der Waals surface area contributed by atoms with Crippen LogP contribution in [-0.2, 0) is 6.54 Å². The minimum atomic E-state index is -0.375. The quantitative estimate of drug-likeness (QED) is 0.791. The van der Waals surface area contributed by atoms with Gasteiger partial charge in [0.05, 0.1) is 6.10 Å². The fourth-order valence-corrected chi connectivity index (χ4v) is 2.16. The molecule has 2 rings (SSSR count). The van der Waals surface area contributed by atoms with Crippen molar-refractivity contribution in [1.82, 2.24) is 5.32 Å². The summed E-state index contributed by atoms with van der Waals surface area (Å²) in [5.41, 5.74) is 1.07. The highest BCUT2D eigenvalue weighted by molar-refractivity contribution is 5.87. The van der Waals surface area contributed by atoms with E-state index in [4.69, 9.17) is 11.2 Å². The molecule has 0 aromatic heterocycles. The Labute approximate surface area is 119 Å². The average molecular weight is 269 g/mol. The first kappa shape index (κ1) is 14.4. The molecule has 0 aliphatic rings. The molecular formula is C17H19NO2.